The van der Waals surface area contributed by atoms with E-state index in [1.165, 1.54) is 0 Å². The van der Waals surface area contributed by atoms with Crippen LogP contribution in [-0.4, -0.2) is 36.4 Å². The van der Waals surface area contributed by atoms with Crippen LogP contribution in [0.25, 0.3) is 10.8 Å². The van der Waals surface area contributed by atoms with Crippen LogP contribution in [0.1, 0.15) is 16.8 Å². The maximum Gasteiger partial charge on any atom is 0.251 e. The summed E-state index contributed by atoms with van der Waals surface area (Å²) in [6.45, 7) is 1.03. The third-order valence-corrected chi connectivity index (χ3v) is 4.22. The van der Waals surface area contributed by atoms with Gasteiger partial charge in [-0.1, -0.05) is 28.1 Å². The van der Waals surface area contributed by atoms with Crippen molar-refractivity contribution in [1.29, 1.82) is 0 Å². The van der Waals surface area contributed by atoms with E-state index in [1.54, 1.807) is 6.07 Å². The molecule has 0 radical (unpaired) electrons. The molecule has 1 amide bonds. The van der Waals surface area contributed by atoms with Gasteiger partial charge in [0.1, 0.15) is 5.60 Å². The van der Waals surface area contributed by atoms with Crippen LogP contribution in [0.2, 0.25) is 0 Å². The number of rotatable bonds is 3. The fraction of sp³-hybridized carbons (Fsp3) is 0.312. The average molecular weight is 350 g/mol. The molecule has 1 aliphatic heterocycles. The quantitative estimate of drug-likeness (QED) is 0.894. The lowest BCUT2D eigenvalue weighted by Gasteiger charge is -2.20. The molecule has 4 nitrogen and oxygen atoms in total. The van der Waals surface area contributed by atoms with Crippen molar-refractivity contribution in [3.05, 3.63) is 46.4 Å². The van der Waals surface area contributed by atoms with E-state index in [0.717, 1.165) is 15.2 Å². The molecule has 110 valence electrons. The molecule has 0 bridgehead atoms. The molecule has 1 fully saturated rings. The highest BCUT2D eigenvalue weighted by molar-refractivity contribution is 9.10. The van der Waals surface area contributed by atoms with Gasteiger partial charge in [0, 0.05) is 29.6 Å². The van der Waals surface area contributed by atoms with Crippen molar-refractivity contribution in [1.82, 2.24) is 5.32 Å². The third-order valence-electron chi connectivity index (χ3n) is 3.72. The Morgan fingerprint density at radius 1 is 1.29 bits per heavy atom. The highest BCUT2D eigenvalue weighted by Gasteiger charge is 2.32. The fourth-order valence-electron chi connectivity index (χ4n) is 2.44. The van der Waals surface area contributed by atoms with Gasteiger partial charge in [-0.25, -0.2) is 0 Å². The molecule has 1 saturated heterocycles. The Morgan fingerprint density at radius 2 is 2.05 bits per heavy atom. The number of ether oxygens (including phenoxy) is 1. The predicted octanol–water partition coefficient (Wildman–Crippen LogP) is 2.48. The molecule has 5 heteroatoms. The maximum absolute atomic E-state index is 12.2. The second-order valence-corrected chi connectivity index (χ2v) is 6.33. The van der Waals surface area contributed by atoms with Crippen molar-refractivity contribution < 1.29 is 14.6 Å². The summed E-state index contributed by atoms with van der Waals surface area (Å²) < 4.78 is 6.17. The first-order valence-corrected chi connectivity index (χ1v) is 7.63. The summed E-state index contributed by atoms with van der Waals surface area (Å²) in [5.74, 6) is -0.180. The number of amides is 1. The molecule has 0 saturated carbocycles. The van der Waals surface area contributed by atoms with E-state index in [0.29, 0.717) is 18.6 Å². The van der Waals surface area contributed by atoms with Crippen LogP contribution in [-0.2, 0) is 4.74 Å². The highest BCUT2D eigenvalue weighted by Crippen LogP contribution is 2.21. The number of benzene rings is 2. The zero-order valence-electron chi connectivity index (χ0n) is 11.4. The number of hydrogen-bond acceptors (Lipinski definition) is 3. The van der Waals surface area contributed by atoms with E-state index in [-0.39, 0.29) is 19.1 Å². The van der Waals surface area contributed by atoms with Crippen molar-refractivity contribution in [2.45, 2.75) is 12.0 Å². The molecule has 2 N–H and O–H groups in total. The van der Waals surface area contributed by atoms with Gasteiger partial charge >= 0.3 is 0 Å². The Balaban J connectivity index is 1.73. The van der Waals surface area contributed by atoms with Gasteiger partial charge in [-0.2, -0.15) is 0 Å². The van der Waals surface area contributed by atoms with Crippen molar-refractivity contribution in [2.24, 2.45) is 0 Å². The summed E-state index contributed by atoms with van der Waals surface area (Å²) in [5.41, 5.74) is -0.343. The molecule has 1 heterocycles. The van der Waals surface area contributed by atoms with Crippen LogP contribution in [0.3, 0.4) is 0 Å². The monoisotopic (exact) mass is 349 g/mol. The highest BCUT2D eigenvalue weighted by atomic mass is 79.9. The van der Waals surface area contributed by atoms with Crippen LogP contribution >= 0.6 is 15.9 Å². The molecule has 21 heavy (non-hydrogen) atoms. The first kappa shape index (κ1) is 14.5. The Hall–Kier alpha value is -1.43. The van der Waals surface area contributed by atoms with Gasteiger partial charge in [-0.15, -0.1) is 0 Å². The number of carbonyl (C=O) groups excluding carboxylic acids is 1. The topological polar surface area (TPSA) is 58.6 Å². The van der Waals surface area contributed by atoms with Crippen LogP contribution in [0.4, 0.5) is 0 Å². The Morgan fingerprint density at radius 3 is 2.81 bits per heavy atom. The van der Waals surface area contributed by atoms with E-state index in [9.17, 15) is 9.90 Å². The lowest BCUT2D eigenvalue weighted by Crippen LogP contribution is -2.43. The summed E-state index contributed by atoms with van der Waals surface area (Å²) >= 11 is 3.43. The molecule has 0 spiro atoms. The van der Waals surface area contributed by atoms with Gasteiger partial charge < -0.3 is 15.2 Å². The number of aliphatic hydroxyl groups is 1. The van der Waals surface area contributed by atoms with E-state index >= 15 is 0 Å². The summed E-state index contributed by atoms with van der Waals surface area (Å²) in [7, 11) is 0. The molecule has 1 unspecified atom stereocenters. The number of hydrogen-bond donors (Lipinski definition) is 2. The van der Waals surface area contributed by atoms with Gasteiger partial charge in [-0.3, -0.25) is 4.79 Å². The van der Waals surface area contributed by atoms with Crippen molar-refractivity contribution >= 4 is 32.6 Å². The Bertz CT molecular complexity index is 680. The van der Waals surface area contributed by atoms with E-state index < -0.39 is 5.60 Å². The summed E-state index contributed by atoms with van der Waals surface area (Å²) in [4.78, 5) is 12.2. The minimum atomic E-state index is -0.933. The van der Waals surface area contributed by atoms with Crippen molar-refractivity contribution in [3.63, 3.8) is 0 Å². The van der Waals surface area contributed by atoms with E-state index in [2.05, 4.69) is 21.2 Å². The third kappa shape index (κ3) is 3.26. The predicted molar refractivity (Wildman–Crippen MR) is 84.4 cm³/mol. The lowest BCUT2D eigenvalue weighted by atomic mass is 10.0. The lowest BCUT2D eigenvalue weighted by molar-refractivity contribution is 0.0264. The standard InChI is InChI=1S/C16H16BrNO3/c17-14-4-3-11-7-13(2-1-12(11)8-14)15(19)18-9-16(20)5-6-21-10-16/h1-4,7-8,20H,5-6,9-10H2,(H,18,19). The molecule has 2 aromatic rings. The normalized spacial score (nSPS) is 21.6. The largest absolute Gasteiger partial charge is 0.386 e. The van der Waals surface area contributed by atoms with Crippen LogP contribution in [0, 0.1) is 0 Å². The number of fused-ring (bicyclic) bond motifs is 1. The Kier molecular flexibility index (Phi) is 3.97. The SMILES string of the molecule is O=C(NCC1(O)CCOC1)c1ccc2cc(Br)ccc2c1. The molecule has 1 aliphatic rings. The number of halogens is 1. The van der Waals surface area contributed by atoms with Crippen molar-refractivity contribution in [2.75, 3.05) is 19.8 Å². The molecule has 2 aromatic carbocycles. The fourth-order valence-corrected chi connectivity index (χ4v) is 2.82. The van der Waals surface area contributed by atoms with E-state index in [1.807, 2.05) is 30.3 Å². The second kappa shape index (κ2) is 5.75. The molecular formula is C16H16BrNO3. The van der Waals surface area contributed by atoms with Gasteiger partial charge in [0.05, 0.1) is 6.61 Å². The molecule has 0 aromatic heterocycles. The first-order chi connectivity index (χ1) is 10.1. The van der Waals surface area contributed by atoms with Crippen LogP contribution in [0.5, 0.6) is 0 Å². The summed E-state index contributed by atoms with van der Waals surface area (Å²) in [5, 5.41) is 15.0. The minimum Gasteiger partial charge on any atom is -0.386 e. The zero-order valence-corrected chi connectivity index (χ0v) is 13.0. The molecule has 3 rings (SSSR count). The molecule has 0 aliphatic carbocycles. The van der Waals surface area contributed by atoms with Crippen LogP contribution < -0.4 is 5.32 Å². The molecular weight excluding hydrogens is 334 g/mol. The summed E-state index contributed by atoms with van der Waals surface area (Å²) in [6, 6.07) is 11.5. The average Bonchev–Trinajstić information content (AvgIpc) is 2.91. The number of nitrogens with one attached hydrogen (secondary N) is 1. The van der Waals surface area contributed by atoms with Crippen LogP contribution in [0.15, 0.2) is 40.9 Å². The summed E-state index contributed by atoms with van der Waals surface area (Å²) in [6.07, 6.45) is 0.555. The smallest absolute Gasteiger partial charge is 0.251 e. The van der Waals surface area contributed by atoms with E-state index in [4.69, 9.17) is 4.74 Å². The van der Waals surface area contributed by atoms with Gasteiger partial charge in [0.25, 0.3) is 5.91 Å². The Labute approximate surface area is 131 Å². The minimum absolute atomic E-state index is 0.180. The maximum atomic E-state index is 12.2. The van der Waals surface area contributed by atoms with Crippen molar-refractivity contribution in [3.8, 4) is 0 Å². The molecule has 1 atom stereocenters. The van der Waals surface area contributed by atoms with Gasteiger partial charge in [0.15, 0.2) is 0 Å². The number of carbonyl (C=O) groups is 1. The van der Waals surface area contributed by atoms with Gasteiger partial charge in [-0.05, 0) is 35.0 Å². The first-order valence-electron chi connectivity index (χ1n) is 6.83. The second-order valence-electron chi connectivity index (χ2n) is 5.42. The van der Waals surface area contributed by atoms with Gasteiger partial charge in [0.2, 0.25) is 0 Å². The zero-order chi connectivity index (χ0) is 14.9.